The Labute approximate surface area is 424 Å². The number of nitrogens with one attached hydrogen (secondary N) is 6. The molecule has 1 saturated carbocycles. The summed E-state index contributed by atoms with van der Waals surface area (Å²) in [5.74, 6) is -2.52. The Morgan fingerprint density at radius 1 is 0.861 bits per heavy atom. The summed E-state index contributed by atoms with van der Waals surface area (Å²) in [5.41, 5.74) is 1.76. The number of sulfonamides is 1. The number of benzene rings is 2. The highest BCUT2D eigenvalue weighted by molar-refractivity contribution is 8.00. The van der Waals surface area contributed by atoms with E-state index in [-0.39, 0.29) is 102 Å². The number of ether oxygens (including phenoxy) is 1. The van der Waals surface area contributed by atoms with E-state index < -0.39 is 39.7 Å². The van der Waals surface area contributed by atoms with Crippen molar-refractivity contribution in [2.24, 2.45) is 11.3 Å². The molecular formula is C50H67N9O11S2. The summed E-state index contributed by atoms with van der Waals surface area (Å²) in [6, 6.07) is 12.2. The Kier molecular flexibility index (Phi) is 17.0. The first-order chi connectivity index (χ1) is 34.5. The molecule has 6 aliphatic rings. The highest BCUT2D eigenvalue weighted by Gasteiger charge is 2.56. The van der Waals surface area contributed by atoms with Gasteiger partial charge in [-0.05, 0) is 87.1 Å². The van der Waals surface area contributed by atoms with Crippen LogP contribution in [0.4, 0.5) is 0 Å². The number of fused-ring (bicyclic) bond motifs is 1. The van der Waals surface area contributed by atoms with E-state index in [1.54, 1.807) is 17.8 Å². The van der Waals surface area contributed by atoms with Crippen LogP contribution in [0.5, 0.6) is 5.75 Å². The quantitative estimate of drug-likeness (QED) is 0.0728. The van der Waals surface area contributed by atoms with Gasteiger partial charge in [0.1, 0.15) is 17.3 Å². The first kappa shape index (κ1) is 52.9. The first-order valence-corrected chi connectivity index (χ1v) is 28.2. The number of nitrogens with zero attached hydrogens (tertiary/aromatic N) is 3. The van der Waals surface area contributed by atoms with Crippen molar-refractivity contribution in [3.8, 4) is 5.75 Å². The molecule has 5 heterocycles. The second kappa shape index (κ2) is 23.2. The van der Waals surface area contributed by atoms with Gasteiger partial charge in [-0.25, -0.2) is 12.7 Å². The molecule has 4 saturated heterocycles. The van der Waals surface area contributed by atoms with Crippen LogP contribution >= 0.6 is 11.8 Å². The number of hydrogen-bond acceptors (Lipinski definition) is 14. The molecule has 6 N–H and O–H groups in total. The average molecular weight is 1030 g/mol. The van der Waals surface area contributed by atoms with Gasteiger partial charge in [-0.3, -0.25) is 53.5 Å². The molecule has 20 nitrogen and oxygen atoms in total. The molecule has 2 aromatic rings. The minimum Gasteiger partial charge on any atom is -0.483 e. The third-order valence-corrected chi connectivity index (χ3v) is 17.4. The predicted octanol–water partition coefficient (Wildman–Crippen LogP) is 1.87. The van der Waals surface area contributed by atoms with E-state index >= 15 is 0 Å². The standard InChI is InChI=1S/C50H67N9O11S2/c1-57-42(62)16-15-37(46(57)65)59-45(64)35-13-10-14-38(43(35)47(59)66)70-29-41(61)52-21-7-5-3-4-6-8-22-53-48(67)50(19-20-50)39-26-32(17-23-51-39)31-11-9-12-33(25-31)36-30-71-49(55-36)56-40(60)27-54-44(63)34-18-24-58(28-34)72(2,68)69/h9-14,25,32,34,36-37,39,49,51,55H,3-8,15-24,26-30H2,1-2H3,(H,52,61)(H,53,67)(H,54,63)(H,56,60). The second-order valence-electron chi connectivity index (χ2n) is 19.9. The third kappa shape index (κ3) is 12.3. The van der Waals surface area contributed by atoms with E-state index in [0.717, 1.165) is 98.1 Å². The second-order valence-corrected chi connectivity index (χ2v) is 23.0. The van der Waals surface area contributed by atoms with Crippen LogP contribution in [0.25, 0.3) is 0 Å². The zero-order valence-electron chi connectivity index (χ0n) is 41.0. The molecule has 0 bridgehead atoms. The number of piperidine rings is 2. The SMILES string of the molecule is CN1C(=O)CCC(N2C(=O)c3cccc(OCC(=O)NCCCCCCCCNC(=O)C4(C5CC(c6cccc(C7CSC(NC(=O)CNC(=O)C8CCN(S(C)(=O)=O)C8)N7)c6)CCN5)CC4)c3C2=O)C1=O. The summed E-state index contributed by atoms with van der Waals surface area (Å²) in [6.07, 6.45) is 10.8. The lowest BCUT2D eigenvalue weighted by Gasteiger charge is -2.35. The maximum Gasteiger partial charge on any atom is 0.266 e. The van der Waals surface area contributed by atoms with Gasteiger partial charge in [-0.15, -0.1) is 11.8 Å². The van der Waals surface area contributed by atoms with Crippen LogP contribution in [0.15, 0.2) is 42.5 Å². The van der Waals surface area contributed by atoms with E-state index in [0.29, 0.717) is 32.0 Å². The number of amides is 8. The number of thioether (sulfide) groups is 1. The highest BCUT2D eigenvalue weighted by Crippen LogP contribution is 2.52. The fourth-order valence-corrected chi connectivity index (χ4v) is 12.6. The molecule has 6 unspecified atom stereocenters. The smallest absolute Gasteiger partial charge is 0.266 e. The summed E-state index contributed by atoms with van der Waals surface area (Å²) in [4.78, 5) is 105. The van der Waals surface area contributed by atoms with Crippen molar-refractivity contribution in [2.75, 3.05) is 64.9 Å². The minimum absolute atomic E-state index is 0.000386. The molecule has 1 aliphatic carbocycles. The number of rotatable bonds is 22. The number of unbranched alkanes of at least 4 members (excludes halogenated alkanes) is 5. The Morgan fingerprint density at radius 3 is 2.32 bits per heavy atom. The van der Waals surface area contributed by atoms with Crippen LogP contribution in [-0.2, 0) is 38.8 Å². The fourth-order valence-electron chi connectivity index (χ4n) is 10.6. The largest absolute Gasteiger partial charge is 0.483 e. The van der Waals surface area contributed by atoms with Gasteiger partial charge in [0.25, 0.3) is 23.6 Å². The number of carbonyl (C=O) groups excluding carboxylic acids is 8. The van der Waals surface area contributed by atoms with E-state index in [4.69, 9.17) is 4.74 Å². The maximum absolute atomic E-state index is 13.6. The van der Waals surface area contributed by atoms with Crippen molar-refractivity contribution in [1.29, 1.82) is 0 Å². The van der Waals surface area contributed by atoms with Gasteiger partial charge in [-0.1, -0.05) is 56.0 Å². The van der Waals surface area contributed by atoms with Gasteiger partial charge >= 0.3 is 0 Å². The number of imide groups is 2. The van der Waals surface area contributed by atoms with E-state index in [1.165, 1.54) is 29.0 Å². The summed E-state index contributed by atoms with van der Waals surface area (Å²) in [6.45, 7) is 1.80. The Morgan fingerprint density at radius 2 is 1.58 bits per heavy atom. The van der Waals surface area contributed by atoms with Crippen LogP contribution in [-0.4, -0.2) is 152 Å². The summed E-state index contributed by atoms with van der Waals surface area (Å²) in [7, 11) is -2.03. The van der Waals surface area contributed by atoms with Crippen molar-refractivity contribution in [3.63, 3.8) is 0 Å². The highest BCUT2D eigenvalue weighted by atomic mass is 32.2. The minimum atomic E-state index is -3.36. The molecule has 0 aromatic heterocycles. The van der Waals surface area contributed by atoms with Gasteiger partial charge in [0.05, 0.1) is 35.3 Å². The predicted molar refractivity (Wildman–Crippen MR) is 267 cm³/mol. The number of likely N-dealkylation sites (N-methyl/N-ethyl adjacent to an activating group) is 1. The van der Waals surface area contributed by atoms with Gasteiger partial charge < -0.3 is 31.3 Å². The van der Waals surface area contributed by atoms with Gasteiger partial charge in [0, 0.05) is 57.5 Å². The van der Waals surface area contributed by atoms with Gasteiger partial charge in [-0.2, -0.15) is 0 Å². The van der Waals surface area contributed by atoms with Crippen molar-refractivity contribution < 1.29 is 51.5 Å². The molecule has 0 spiro atoms. The number of hydrogen-bond donors (Lipinski definition) is 6. The zero-order valence-corrected chi connectivity index (χ0v) is 42.6. The summed E-state index contributed by atoms with van der Waals surface area (Å²) in [5, 5.41) is 18.8. The number of carbonyl (C=O) groups is 8. The lowest BCUT2D eigenvalue weighted by atomic mass is 9.79. The van der Waals surface area contributed by atoms with Crippen LogP contribution in [0.3, 0.4) is 0 Å². The molecule has 72 heavy (non-hydrogen) atoms. The topological polar surface area (TPSA) is 262 Å². The molecule has 8 rings (SSSR count). The lowest BCUT2D eigenvalue weighted by molar-refractivity contribution is -0.149. The monoisotopic (exact) mass is 1030 g/mol. The van der Waals surface area contributed by atoms with Crippen molar-refractivity contribution in [3.05, 3.63) is 64.7 Å². The average Bonchev–Trinajstić information content (AvgIpc) is 3.64. The summed E-state index contributed by atoms with van der Waals surface area (Å²) >= 11 is 1.59. The zero-order chi connectivity index (χ0) is 51.2. The fraction of sp³-hybridized carbons (Fsp3) is 0.600. The van der Waals surface area contributed by atoms with Gasteiger partial charge in [0.2, 0.25) is 33.7 Å². The van der Waals surface area contributed by atoms with Crippen molar-refractivity contribution in [2.45, 2.75) is 113 Å². The molecule has 2 aromatic carbocycles. The van der Waals surface area contributed by atoms with E-state index in [1.807, 2.05) is 0 Å². The van der Waals surface area contributed by atoms with E-state index in [9.17, 15) is 46.8 Å². The van der Waals surface area contributed by atoms with Crippen molar-refractivity contribution in [1.82, 2.24) is 46.0 Å². The van der Waals surface area contributed by atoms with E-state index in [2.05, 4.69) is 56.2 Å². The number of likely N-dealkylation sites (tertiary alicyclic amines) is 1. The molecule has 22 heteroatoms. The lowest BCUT2D eigenvalue weighted by Crippen LogP contribution is -2.54. The van der Waals surface area contributed by atoms with Crippen LogP contribution < -0.4 is 36.6 Å². The Balaban J connectivity index is 0.680. The van der Waals surface area contributed by atoms with Crippen LogP contribution in [0.2, 0.25) is 0 Å². The maximum atomic E-state index is 13.6. The molecule has 8 amide bonds. The molecule has 390 valence electrons. The van der Waals surface area contributed by atoms with Crippen LogP contribution in [0, 0.1) is 11.3 Å². The molecular weight excluding hydrogens is 967 g/mol. The molecule has 5 aliphatic heterocycles. The Hall–Kier alpha value is -5.42. The normalized spacial score (nSPS) is 25.0. The summed E-state index contributed by atoms with van der Waals surface area (Å²) < 4.78 is 30.6. The molecule has 6 atom stereocenters. The molecule has 0 radical (unpaired) electrons. The van der Waals surface area contributed by atoms with Gasteiger partial charge in [0.15, 0.2) is 6.61 Å². The van der Waals surface area contributed by atoms with Crippen LogP contribution in [0.1, 0.15) is 127 Å². The third-order valence-electron chi connectivity index (χ3n) is 15.0. The Bertz CT molecular complexity index is 2540. The first-order valence-electron chi connectivity index (χ1n) is 25.3. The van der Waals surface area contributed by atoms with Crippen molar-refractivity contribution >= 4 is 69.0 Å². The molecule has 5 fully saturated rings.